The summed E-state index contributed by atoms with van der Waals surface area (Å²) in [5, 5.41) is 2.85. The summed E-state index contributed by atoms with van der Waals surface area (Å²) in [6.45, 7) is 0.430. The van der Waals surface area contributed by atoms with Crippen LogP contribution >= 0.6 is 0 Å². The number of carbonyl (C=O) groups is 1. The standard InChI is InChI=1S/C26H23FN2O6S/c1-33-22-12-8-21(9-13-22)28-26(30)29(18-24-3-2-16-34-24)17-19-4-10-23(11-5-19)35-36(31,32)25-14-6-20(27)7-15-25/h2-16H,17-18H2,1H3,(H,28,30). The molecule has 4 rings (SSSR count). The zero-order valence-electron chi connectivity index (χ0n) is 19.3. The van der Waals surface area contributed by atoms with Gasteiger partial charge in [-0.05, 0) is 78.4 Å². The molecule has 2 amide bonds. The van der Waals surface area contributed by atoms with Crippen molar-refractivity contribution >= 4 is 21.8 Å². The molecule has 36 heavy (non-hydrogen) atoms. The van der Waals surface area contributed by atoms with E-state index in [0.29, 0.717) is 17.2 Å². The lowest BCUT2D eigenvalue weighted by Gasteiger charge is -2.22. The third kappa shape index (κ3) is 6.42. The van der Waals surface area contributed by atoms with E-state index in [-0.39, 0.29) is 29.8 Å². The second-order valence-corrected chi connectivity index (χ2v) is 9.28. The van der Waals surface area contributed by atoms with E-state index >= 15 is 0 Å². The molecule has 0 saturated heterocycles. The van der Waals surface area contributed by atoms with Crippen molar-refractivity contribution in [3.05, 3.63) is 108 Å². The van der Waals surface area contributed by atoms with E-state index in [9.17, 15) is 17.6 Å². The zero-order valence-corrected chi connectivity index (χ0v) is 20.1. The minimum absolute atomic E-state index is 0.0864. The number of halogens is 1. The number of hydrogen-bond acceptors (Lipinski definition) is 6. The fourth-order valence-electron chi connectivity index (χ4n) is 3.31. The number of hydrogen-bond donors (Lipinski definition) is 1. The van der Waals surface area contributed by atoms with Gasteiger partial charge in [0, 0.05) is 12.2 Å². The lowest BCUT2D eigenvalue weighted by molar-refractivity contribution is 0.201. The summed E-state index contributed by atoms with van der Waals surface area (Å²) >= 11 is 0. The van der Waals surface area contributed by atoms with Gasteiger partial charge in [0.05, 0.1) is 19.9 Å². The Bertz CT molecular complexity index is 1390. The van der Waals surface area contributed by atoms with E-state index in [2.05, 4.69) is 5.32 Å². The third-order valence-corrected chi connectivity index (χ3v) is 6.42. The predicted octanol–water partition coefficient (Wildman–Crippen LogP) is 5.43. The minimum atomic E-state index is -4.12. The molecule has 0 aliphatic rings. The van der Waals surface area contributed by atoms with Crippen molar-refractivity contribution in [2.75, 3.05) is 12.4 Å². The molecule has 0 spiro atoms. The molecule has 8 nitrogen and oxygen atoms in total. The van der Waals surface area contributed by atoms with Gasteiger partial charge < -0.3 is 23.6 Å². The van der Waals surface area contributed by atoms with Crippen LogP contribution < -0.4 is 14.2 Å². The van der Waals surface area contributed by atoms with Crippen LogP contribution in [0.15, 0.2) is 101 Å². The van der Waals surface area contributed by atoms with Crippen LogP contribution in [0.2, 0.25) is 0 Å². The highest BCUT2D eigenvalue weighted by molar-refractivity contribution is 7.87. The maximum Gasteiger partial charge on any atom is 0.339 e. The number of ether oxygens (including phenoxy) is 1. The molecule has 0 fully saturated rings. The Morgan fingerprint density at radius 3 is 2.19 bits per heavy atom. The van der Waals surface area contributed by atoms with Crippen LogP contribution in [0, 0.1) is 5.82 Å². The Morgan fingerprint density at radius 1 is 0.917 bits per heavy atom. The topological polar surface area (TPSA) is 98.1 Å². The zero-order chi connectivity index (χ0) is 25.5. The number of anilines is 1. The molecule has 0 saturated carbocycles. The number of urea groups is 1. The van der Waals surface area contributed by atoms with E-state index in [1.54, 1.807) is 60.5 Å². The molecule has 0 atom stereocenters. The van der Waals surface area contributed by atoms with Crippen molar-refractivity contribution in [1.29, 1.82) is 0 Å². The first kappa shape index (κ1) is 24.8. The molecule has 0 unspecified atom stereocenters. The van der Waals surface area contributed by atoms with Crippen LogP contribution in [0.3, 0.4) is 0 Å². The van der Waals surface area contributed by atoms with E-state index < -0.39 is 15.9 Å². The molecule has 0 bridgehead atoms. The highest BCUT2D eigenvalue weighted by Crippen LogP contribution is 2.22. The first-order valence-corrected chi connectivity index (χ1v) is 12.2. The molecule has 1 N–H and O–H groups in total. The van der Waals surface area contributed by atoms with Crippen molar-refractivity contribution in [3.63, 3.8) is 0 Å². The molecule has 0 aliphatic carbocycles. The number of carbonyl (C=O) groups excluding carboxylic acids is 1. The SMILES string of the molecule is COc1ccc(NC(=O)N(Cc2ccc(OS(=O)(=O)c3ccc(F)cc3)cc2)Cc2ccco2)cc1. The predicted molar refractivity (Wildman–Crippen MR) is 131 cm³/mol. The average molecular weight is 511 g/mol. The Hall–Kier alpha value is -4.31. The largest absolute Gasteiger partial charge is 0.497 e. The normalized spacial score (nSPS) is 11.1. The van der Waals surface area contributed by atoms with Gasteiger partial charge in [0.1, 0.15) is 28.0 Å². The first-order chi connectivity index (χ1) is 17.3. The summed E-state index contributed by atoms with van der Waals surface area (Å²) in [4.78, 5) is 14.4. The van der Waals surface area contributed by atoms with Gasteiger partial charge in [-0.15, -0.1) is 0 Å². The second-order valence-electron chi connectivity index (χ2n) is 7.73. The Balaban J connectivity index is 1.46. The fourth-order valence-corrected chi connectivity index (χ4v) is 4.24. The molecule has 1 heterocycles. The van der Waals surface area contributed by atoms with Crippen molar-refractivity contribution in [2.45, 2.75) is 18.0 Å². The summed E-state index contributed by atoms with van der Waals surface area (Å²) < 4.78 is 53.7. The van der Waals surface area contributed by atoms with Gasteiger partial charge >= 0.3 is 16.1 Å². The number of furan rings is 1. The lowest BCUT2D eigenvalue weighted by atomic mass is 10.2. The number of nitrogens with one attached hydrogen (secondary N) is 1. The summed E-state index contributed by atoms with van der Waals surface area (Å²) in [7, 11) is -2.55. The Labute approximate surface area is 208 Å². The number of methoxy groups -OCH3 is 1. The molecule has 3 aromatic carbocycles. The summed E-state index contributed by atoms with van der Waals surface area (Å²) in [6, 6.07) is 20.8. The summed E-state index contributed by atoms with van der Waals surface area (Å²) in [5.74, 6) is 0.811. The van der Waals surface area contributed by atoms with Crippen LogP contribution in [-0.2, 0) is 23.2 Å². The van der Waals surface area contributed by atoms with Crippen molar-refractivity contribution in [3.8, 4) is 11.5 Å². The molecule has 4 aromatic rings. The highest BCUT2D eigenvalue weighted by Gasteiger charge is 2.19. The number of rotatable bonds is 9. The first-order valence-electron chi connectivity index (χ1n) is 10.8. The number of amides is 2. The van der Waals surface area contributed by atoms with E-state index in [1.807, 2.05) is 0 Å². The van der Waals surface area contributed by atoms with Crippen LogP contribution in [0.25, 0.3) is 0 Å². The molecular formula is C26H23FN2O6S. The van der Waals surface area contributed by atoms with Crippen LogP contribution in [0.1, 0.15) is 11.3 Å². The van der Waals surface area contributed by atoms with Gasteiger partial charge in [-0.3, -0.25) is 0 Å². The summed E-state index contributed by atoms with van der Waals surface area (Å²) in [6.07, 6.45) is 1.53. The van der Waals surface area contributed by atoms with Crippen molar-refractivity contribution in [1.82, 2.24) is 4.90 Å². The van der Waals surface area contributed by atoms with Gasteiger partial charge in [0.15, 0.2) is 0 Å². The van der Waals surface area contributed by atoms with Crippen LogP contribution in [0.5, 0.6) is 11.5 Å². The monoisotopic (exact) mass is 510 g/mol. The van der Waals surface area contributed by atoms with Crippen molar-refractivity contribution in [2.24, 2.45) is 0 Å². The quantitative estimate of drug-likeness (QED) is 0.302. The smallest absolute Gasteiger partial charge is 0.339 e. The van der Waals surface area contributed by atoms with E-state index in [1.165, 1.54) is 18.4 Å². The van der Waals surface area contributed by atoms with Gasteiger partial charge in [-0.1, -0.05) is 12.1 Å². The average Bonchev–Trinajstić information content (AvgIpc) is 3.38. The van der Waals surface area contributed by atoms with Gasteiger partial charge in [-0.25, -0.2) is 9.18 Å². The van der Waals surface area contributed by atoms with Gasteiger partial charge in [0.2, 0.25) is 0 Å². The maximum absolute atomic E-state index is 13.1. The fraction of sp³-hybridized carbons (Fsp3) is 0.115. The number of nitrogens with zero attached hydrogens (tertiary/aromatic N) is 1. The Kier molecular flexibility index (Phi) is 7.55. The maximum atomic E-state index is 13.1. The van der Waals surface area contributed by atoms with Gasteiger partial charge in [-0.2, -0.15) is 8.42 Å². The molecule has 10 heteroatoms. The molecule has 186 valence electrons. The van der Waals surface area contributed by atoms with Crippen LogP contribution in [0.4, 0.5) is 14.9 Å². The van der Waals surface area contributed by atoms with Gasteiger partial charge in [0.25, 0.3) is 0 Å². The Morgan fingerprint density at radius 2 is 1.58 bits per heavy atom. The van der Waals surface area contributed by atoms with E-state index in [4.69, 9.17) is 13.3 Å². The third-order valence-electron chi connectivity index (χ3n) is 5.16. The summed E-state index contributed by atoms with van der Waals surface area (Å²) in [5.41, 5.74) is 1.33. The lowest BCUT2D eigenvalue weighted by Crippen LogP contribution is -2.33. The molecule has 1 aromatic heterocycles. The second kappa shape index (κ2) is 11.0. The minimum Gasteiger partial charge on any atom is -0.497 e. The molecular weight excluding hydrogens is 487 g/mol. The van der Waals surface area contributed by atoms with Crippen LogP contribution in [-0.4, -0.2) is 26.5 Å². The van der Waals surface area contributed by atoms with E-state index in [0.717, 1.165) is 29.8 Å². The van der Waals surface area contributed by atoms with Crippen molar-refractivity contribution < 1.29 is 30.9 Å². The number of benzene rings is 3. The highest BCUT2D eigenvalue weighted by atomic mass is 32.2. The molecule has 0 radical (unpaired) electrons. The molecule has 0 aliphatic heterocycles.